The maximum Gasteiger partial charge on any atom is 0.408 e. The molecule has 3 N–H and O–H groups in total. The Morgan fingerprint density at radius 2 is 1.77 bits per heavy atom. The van der Waals surface area contributed by atoms with Crippen LogP contribution in [0, 0.1) is 12.8 Å². The lowest BCUT2D eigenvalue weighted by Gasteiger charge is -2.30. The predicted molar refractivity (Wildman–Crippen MR) is 238 cm³/mol. The van der Waals surface area contributed by atoms with E-state index in [0.717, 1.165) is 39.5 Å². The van der Waals surface area contributed by atoms with Crippen LogP contribution >= 0.6 is 11.3 Å². The molecule has 4 amide bonds. The summed E-state index contributed by atoms with van der Waals surface area (Å²) in [6, 6.07) is 4.06. The molecule has 0 bridgehead atoms. The summed E-state index contributed by atoms with van der Waals surface area (Å²) in [5.74, 6) is -2.35. The molecule has 338 valence electrons. The topological polar surface area (TPSA) is 191 Å². The van der Waals surface area contributed by atoms with E-state index in [1.54, 1.807) is 39.0 Å². The molecule has 4 heterocycles. The van der Waals surface area contributed by atoms with Gasteiger partial charge in [-0.25, -0.2) is 18.2 Å². The van der Waals surface area contributed by atoms with Gasteiger partial charge in [-0.15, -0.1) is 11.3 Å². The number of allylic oxidation sites excluding steroid dienone is 1. The first-order valence-electron chi connectivity index (χ1n) is 21.9. The fourth-order valence-electron chi connectivity index (χ4n) is 8.60. The predicted octanol–water partition coefficient (Wildman–Crippen LogP) is 6.98. The lowest BCUT2D eigenvalue weighted by Crippen LogP contribution is -2.58. The van der Waals surface area contributed by atoms with Crippen molar-refractivity contribution < 1.29 is 37.1 Å². The summed E-state index contributed by atoms with van der Waals surface area (Å²) in [7, 11) is -4.01. The van der Waals surface area contributed by atoms with E-state index >= 15 is 0 Å². The van der Waals surface area contributed by atoms with E-state index in [1.165, 1.54) is 4.90 Å². The zero-order chi connectivity index (χ0) is 45.2. The summed E-state index contributed by atoms with van der Waals surface area (Å²) < 4.78 is 42.1. The molecule has 7 rings (SSSR count). The van der Waals surface area contributed by atoms with Crippen molar-refractivity contribution in [1.82, 2.24) is 34.8 Å². The molecule has 2 saturated carbocycles. The number of aryl methyl sites for hydroxylation is 1. The number of carbonyl (C=O) groups is 4. The summed E-state index contributed by atoms with van der Waals surface area (Å²) in [4.78, 5) is 69.3. The Labute approximate surface area is 369 Å². The van der Waals surface area contributed by atoms with Gasteiger partial charge in [-0.05, 0) is 99.1 Å². The molecule has 15 nitrogen and oxygen atoms in total. The third-order valence-corrected chi connectivity index (χ3v) is 15.5. The van der Waals surface area contributed by atoms with Gasteiger partial charge in [-0.2, -0.15) is 4.98 Å². The number of nitrogens with zero attached hydrogens (tertiary/aromatic N) is 4. The Morgan fingerprint density at radius 1 is 1.05 bits per heavy atom. The van der Waals surface area contributed by atoms with E-state index in [9.17, 15) is 27.6 Å². The second-order valence-electron chi connectivity index (χ2n) is 20.1. The largest absolute Gasteiger partial charge is 0.459 e. The smallest absolute Gasteiger partial charge is 0.408 e. The molecule has 1 saturated heterocycles. The van der Waals surface area contributed by atoms with Crippen LogP contribution in [-0.4, -0.2) is 92.3 Å². The van der Waals surface area contributed by atoms with E-state index in [-0.39, 0.29) is 30.8 Å². The van der Waals surface area contributed by atoms with Crippen LogP contribution in [0.2, 0.25) is 0 Å². The van der Waals surface area contributed by atoms with E-state index in [0.29, 0.717) is 43.6 Å². The van der Waals surface area contributed by atoms with Crippen LogP contribution in [0.4, 0.5) is 4.79 Å². The number of thiazole rings is 1. The number of ether oxygens (including phenoxy) is 2. The van der Waals surface area contributed by atoms with Crippen molar-refractivity contribution in [3.05, 3.63) is 40.9 Å². The average molecular weight is 894 g/mol. The first-order valence-corrected chi connectivity index (χ1v) is 24.2. The number of alkyl carbamates (subject to hydrolysis) is 1. The molecule has 62 heavy (non-hydrogen) atoms. The molecule has 0 radical (unpaired) electrons. The third kappa shape index (κ3) is 9.25. The van der Waals surface area contributed by atoms with E-state index < -0.39 is 73.8 Å². The fourth-order valence-corrected chi connectivity index (χ4v) is 11.1. The zero-order valence-corrected chi connectivity index (χ0v) is 39.3. The molecule has 2 aliphatic carbocycles. The molecule has 2 aromatic heterocycles. The minimum Gasteiger partial charge on any atom is -0.459 e. The van der Waals surface area contributed by atoms with Crippen LogP contribution in [0.5, 0.6) is 6.01 Å². The van der Waals surface area contributed by atoms with Gasteiger partial charge in [0.05, 0.1) is 22.5 Å². The average Bonchev–Trinajstić information content (AvgIpc) is 3.88. The molecular formula is C45H63N7O8S2. The number of hydrogen-bond acceptors (Lipinski definition) is 11. The number of aromatic nitrogens is 3. The van der Waals surface area contributed by atoms with Crippen molar-refractivity contribution in [2.24, 2.45) is 5.92 Å². The first kappa shape index (κ1) is 45.5. The number of benzene rings is 1. The van der Waals surface area contributed by atoms with E-state index in [2.05, 4.69) is 43.1 Å². The Kier molecular flexibility index (Phi) is 12.2. The first-order chi connectivity index (χ1) is 28.9. The Hall–Kier alpha value is -4.51. The number of para-hydroxylation sites is 1. The Balaban J connectivity index is 1.23. The number of fused-ring (bicyclic) bond motifs is 3. The quantitative estimate of drug-likeness (QED) is 0.199. The van der Waals surface area contributed by atoms with Crippen LogP contribution in [0.15, 0.2) is 30.4 Å². The standard InChI is InChI=1S/C45H63N7O8S2/c1-26(2)52-32-20-16-18-30(37-48-35(27(3)61-37)42(4,5)6)34(32)47-40(52)59-29-23-33-36(53)49-45(39(55)50-62(57,58)44(10)21-22-44)24-28(45)17-14-12-11-13-15-19-31(38(54)51(33)25-29)46-41(56)60-43(7,8)9/h14,16-18,20,26,28-29,31,33H,11-13,15,19,21-25H2,1-10H3,(H,46,56)(H,49,53)(H,50,55). The lowest BCUT2D eigenvalue weighted by atomic mass is 9.91. The number of hydrogen-bond donors (Lipinski definition) is 3. The van der Waals surface area contributed by atoms with Gasteiger partial charge in [-0.1, -0.05) is 51.8 Å². The molecule has 3 aromatic rings. The number of imidazole rings is 1. The lowest BCUT2D eigenvalue weighted by molar-refractivity contribution is -0.141. The van der Waals surface area contributed by atoms with Gasteiger partial charge in [0.1, 0.15) is 39.9 Å². The molecule has 17 heteroatoms. The second kappa shape index (κ2) is 16.6. The van der Waals surface area contributed by atoms with Crippen LogP contribution in [0.1, 0.15) is 137 Å². The highest BCUT2D eigenvalue weighted by Crippen LogP contribution is 2.48. The van der Waals surface area contributed by atoms with Crippen LogP contribution in [-0.2, 0) is 34.6 Å². The molecule has 1 aromatic carbocycles. The minimum absolute atomic E-state index is 0.0204. The molecule has 3 fully saturated rings. The number of sulfonamides is 1. The number of amides is 4. The summed E-state index contributed by atoms with van der Waals surface area (Å²) >= 11 is 1.62. The molecule has 0 spiro atoms. The van der Waals surface area contributed by atoms with Crippen LogP contribution in [0.3, 0.4) is 0 Å². The van der Waals surface area contributed by atoms with Gasteiger partial charge in [0.2, 0.25) is 21.8 Å². The van der Waals surface area contributed by atoms with Crippen molar-refractivity contribution in [2.75, 3.05) is 6.54 Å². The number of carbonyl (C=O) groups excluding carboxylic acids is 4. The molecule has 5 atom stereocenters. The summed E-state index contributed by atoms with van der Waals surface area (Å²) in [6.07, 6.45) is 6.64. The van der Waals surface area contributed by atoms with Gasteiger partial charge in [0.25, 0.3) is 11.9 Å². The number of rotatable bonds is 8. The van der Waals surface area contributed by atoms with Gasteiger partial charge in [0, 0.05) is 34.2 Å². The van der Waals surface area contributed by atoms with Gasteiger partial charge < -0.3 is 25.0 Å². The second-order valence-corrected chi connectivity index (χ2v) is 23.5. The monoisotopic (exact) mass is 893 g/mol. The molecule has 5 unspecified atom stereocenters. The maximum absolute atomic E-state index is 14.8. The fraction of sp³-hybridized carbons (Fsp3) is 0.644. The van der Waals surface area contributed by atoms with Crippen molar-refractivity contribution in [1.29, 1.82) is 0 Å². The maximum atomic E-state index is 14.8. The summed E-state index contributed by atoms with van der Waals surface area (Å²) in [6.45, 7) is 19.4. The SMILES string of the molecule is Cc1sc(-c2cccc3c2nc(OC2CC4C(=O)NC5(C(=O)NS(=O)(=O)C6(C)CC6)CC5C=CCCCCCC(NC(=O)OC(C)(C)C)C(=O)N4C2)n3C(C)C)nc1C(C)(C)C. The van der Waals surface area contributed by atoms with Crippen molar-refractivity contribution in [2.45, 2.75) is 173 Å². The molecular weight excluding hydrogens is 831 g/mol. The van der Waals surface area contributed by atoms with Gasteiger partial charge in [-0.3, -0.25) is 23.7 Å². The van der Waals surface area contributed by atoms with Crippen LogP contribution < -0.4 is 20.1 Å². The van der Waals surface area contributed by atoms with Gasteiger partial charge in [0.15, 0.2) is 0 Å². The van der Waals surface area contributed by atoms with Crippen molar-refractivity contribution >= 4 is 56.2 Å². The third-order valence-electron chi connectivity index (χ3n) is 12.4. The highest BCUT2D eigenvalue weighted by molar-refractivity contribution is 7.91. The zero-order valence-electron chi connectivity index (χ0n) is 37.7. The van der Waals surface area contributed by atoms with Crippen molar-refractivity contribution in [3.63, 3.8) is 0 Å². The van der Waals surface area contributed by atoms with E-state index in [4.69, 9.17) is 19.4 Å². The Bertz CT molecular complexity index is 2390. The normalized spacial score (nSPS) is 25.6. The highest BCUT2D eigenvalue weighted by Gasteiger charge is 2.63. The van der Waals surface area contributed by atoms with Gasteiger partial charge >= 0.3 is 6.09 Å². The van der Waals surface area contributed by atoms with Crippen molar-refractivity contribution in [3.8, 4) is 16.6 Å². The Morgan fingerprint density at radius 3 is 2.42 bits per heavy atom. The number of nitrogens with one attached hydrogen (secondary N) is 3. The molecule has 2 aliphatic heterocycles. The van der Waals surface area contributed by atoms with E-state index in [1.807, 2.05) is 48.8 Å². The highest BCUT2D eigenvalue weighted by atomic mass is 32.2. The minimum atomic E-state index is -4.01. The summed E-state index contributed by atoms with van der Waals surface area (Å²) in [5, 5.41) is 6.57. The van der Waals surface area contributed by atoms with Crippen LogP contribution in [0.25, 0.3) is 21.6 Å². The molecule has 4 aliphatic rings. The summed E-state index contributed by atoms with van der Waals surface area (Å²) in [5.41, 5.74) is 0.963.